The summed E-state index contributed by atoms with van der Waals surface area (Å²) in [7, 11) is 1.07. The van der Waals surface area contributed by atoms with Crippen LogP contribution in [0.3, 0.4) is 0 Å². The first-order chi connectivity index (χ1) is 15.4. The summed E-state index contributed by atoms with van der Waals surface area (Å²) in [5.74, 6) is -2.31. The Morgan fingerprint density at radius 2 is 1.91 bits per heavy atom. The fraction of sp³-hybridized carbons (Fsp3) is 0.217. The highest BCUT2D eigenvalue weighted by Crippen LogP contribution is 2.38. The van der Waals surface area contributed by atoms with E-state index in [4.69, 9.17) is 11.6 Å². The monoisotopic (exact) mass is 467 g/mol. The van der Waals surface area contributed by atoms with Crippen LogP contribution in [0.25, 0.3) is 0 Å². The van der Waals surface area contributed by atoms with E-state index in [0.29, 0.717) is 15.6 Å². The van der Waals surface area contributed by atoms with Crippen molar-refractivity contribution < 1.29 is 19.4 Å². The maximum atomic E-state index is 12.8. The maximum Gasteiger partial charge on any atom is 0.352 e. The molecule has 7 nitrogen and oxygen atoms in total. The molecule has 32 heavy (non-hydrogen) atoms. The molecule has 0 fully saturated rings. The van der Waals surface area contributed by atoms with E-state index in [1.165, 1.54) is 23.5 Å². The summed E-state index contributed by atoms with van der Waals surface area (Å²) in [5, 5.41) is 33.6. The van der Waals surface area contributed by atoms with Gasteiger partial charge in [0.2, 0.25) is 0 Å². The van der Waals surface area contributed by atoms with Crippen LogP contribution >= 0.6 is 22.9 Å². The quantitative estimate of drug-likeness (QED) is 0.155. The number of nitrogens with one attached hydrogen (secondary N) is 1. The number of anilines is 1. The molecule has 0 atom stereocenters. The highest BCUT2D eigenvalue weighted by atomic mass is 35.5. The van der Waals surface area contributed by atoms with Gasteiger partial charge in [0.25, 0.3) is 0 Å². The number of esters is 1. The van der Waals surface area contributed by atoms with Gasteiger partial charge in [-0.25, -0.2) is 4.79 Å². The summed E-state index contributed by atoms with van der Waals surface area (Å²) in [4.78, 5) is 25.8. The molecule has 1 heterocycles. The van der Waals surface area contributed by atoms with Crippen molar-refractivity contribution in [3.05, 3.63) is 74.0 Å². The number of ketones is 1. The standard InChI is InChI=1S/C23H18ClN3O4S/c1-31-23(30)17(12-26)21(29)18(10-19(28)13-6-8-14(24)9-7-13)27-22-16(11-25)15-4-2-3-5-20(15)32-22/h6-10,27,29H,2-5H2,1H3. The van der Waals surface area contributed by atoms with Crippen molar-refractivity contribution in [1.29, 1.82) is 10.5 Å². The molecule has 2 N–H and O–H groups in total. The van der Waals surface area contributed by atoms with Crippen molar-refractivity contribution in [3.63, 3.8) is 0 Å². The van der Waals surface area contributed by atoms with Crippen LogP contribution in [0.4, 0.5) is 5.00 Å². The van der Waals surface area contributed by atoms with Gasteiger partial charge in [-0.05, 0) is 55.5 Å². The number of hydrogen-bond acceptors (Lipinski definition) is 8. The molecule has 3 rings (SSSR count). The molecule has 0 bridgehead atoms. The van der Waals surface area contributed by atoms with Crippen molar-refractivity contribution >= 4 is 39.7 Å². The molecular formula is C23H18ClN3O4S. The van der Waals surface area contributed by atoms with E-state index in [0.717, 1.165) is 49.3 Å². The molecular weight excluding hydrogens is 450 g/mol. The number of fused-ring (bicyclic) bond motifs is 1. The minimum atomic E-state index is -1.05. The lowest BCUT2D eigenvalue weighted by Gasteiger charge is -2.11. The second kappa shape index (κ2) is 10.1. The maximum absolute atomic E-state index is 12.8. The lowest BCUT2D eigenvalue weighted by atomic mass is 9.96. The highest BCUT2D eigenvalue weighted by Gasteiger charge is 2.25. The molecule has 0 spiro atoms. The summed E-state index contributed by atoms with van der Waals surface area (Å²) in [5.41, 5.74) is 0.798. The summed E-state index contributed by atoms with van der Waals surface area (Å²) >= 11 is 7.23. The number of thiophene rings is 1. The largest absolute Gasteiger partial charge is 0.504 e. The number of hydrogen-bond donors (Lipinski definition) is 2. The molecule has 0 unspecified atom stereocenters. The number of carbonyl (C=O) groups excluding carboxylic acids is 2. The van der Waals surface area contributed by atoms with Gasteiger partial charge in [-0.1, -0.05) is 11.6 Å². The Bertz CT molecular complexity index is 1210. The van der Waals surface area contributed by atoms with Gasteiger partial charge in [0.05, 0.1) is 18.4 Å². The zero-order valence-electron chi connectivity index (χ0n) is 17.1. The number of allylic oxidation sites excluding steroid dienone is 1. The molecule has 0 radical (unpaired) electrons. The first kappa shape index (κ1) is 23.1. The van der Waals surface area contributed by atoms with Crippen molar-refractivity contribution in [2.45, 2.75) is 25.7 Å². The first-order valence-corrected chi connectivity index (χ1v) is 10.8. The number of nitrogens with zero attached hydrogens (tertiary/aromatic N) is 2. The van der Waals surface area contributed by atoms with Crippen molar-refractivity contribution in [2.24, 2.45) is 0 Å². The number of benzene rings is 1. The van der Waals surface area contributed by atoms with Crippen LogP contribution in [0.5, 0.6) is 0 Å². The number of nitriles is 2. The van der Waals surface area contributed by atoms with E-state index in [2.05, 4.69) is 16.1 Å². The third-order valence-corrected chi connectivity index (χ3v) is 6.39. The van der Waals surface area contributed by atoms with Gasteiger partial charge >= 0.3 is 5.97 Å². The van der Waals surface area contributed by atoms with Crippen LogP contribution in [0.1, 0.15) is 39.2 Å². The predicted octanol–water partition coefficient (Wildman–Crippen LogP) is 4.84. The van der Waals surface area contributed by atoms with E-state index >= 15 is 0 Å². The molecule has 1 aromatic carbocycles. The second-order valence-electron chi connectivity index (χ2n) is 6.91. The lowest BCUT2D eigenvalue weighted by Crippen LogP contribution is -2.13. The number of methoxy groups -OCH3 is 1. The SMILES string of the molecule is COC(=O)C(C#N)=C(O)C(=CC(=O)c1ccc(Cl)cc1)Nc1sc2c(c1C#N)CCCC2. The number of ether oxygens (including phenoxy) is 1. The van der Waals surface area contributed by atoms with E-state index in [9.17, 15) is 25.2 Å². The summed E-state index contributed by atoms with van der Waals surface area (Å²) < 4.78 is 4.56. The van der Waals surface area contributed by atoms with E-state index in [1.807, 2.05) is 0 Å². The number of aliphatic hydroxyl groups is 1. The van der Waals surface area contributed by atoms with Crippen LogP contribution < -0.4 is 5.32 Å². The van der Waals surface area contributed by atoms with E-state index in [-0.39, 0.29) is 11.3 Å². The minimum Gasteiger partial charge on any atom is -0.504 e. The van der Waals surface area contributed by atoms with Crippen molar-refractivity contribution in [2.75, 3.05) is 12.4 Å². The van der Waals surface area contributed by atoms with Gasteiger partial charge < -0.3 is 15.2 Å². The molecule has 1 aliphatic carbocycles. The van der Waals surface area contributed by atoms with Gasteiger partial charge in [-0.3, -0.25) is 4.79 Å². The summed E-state index contributed by atoms with van der Waals surface area (Å²) in [6.07, 6.45) is 4.67. The Morgan fingerprint density at radius 1 is 1.22 bits per heavy atom. The van der Waals surface area contributed by atoms with Gasteiger partial charge in [0.15, 0.2) is 17.1 Å². The van der Waals surface area contributed by atoms with Crippen LogP contribution in [0, 0.1) is 22.7 Å². The fourth-order valence-electron chi connectivity index (χ4n) is 3.32. The number of halogens is 1. The molecule has 0 saturated carbocycles. The molecule has 1 aromatic heterocycles. The van der Waals surface area contributed by atoms with Crippen LogP contribution in [0.15, 0.2) is 47.4 Å². The third kappa shape index (κ3) is 4.83. The second-order valence-corrected chi connectivity index (χ2v) is 8.45. The van der Waals surface area contributed by atoms with Gasteiger partial charge in [0.1, 0.15) is 17.1 Å². The lowest BCUT2D eigenvalue weighted by molar-refractivity contribution is -0.135. The predicted molar refractivity (Wildman–Crippen MR) is 120 cm³/mol. The molecule has 1 aliphatic rings. The van der Waals surface area contributed by atoms with Gasteiger partial charge in [0, 0.05) is 21.5 Å². The molecule has 0 aliphatic heterocycles. The molecule has 9 heteroatoms. The minimum absolute atomic E-state index is 0.193. The Labute approximate surface area is 193 Å². The molecule has 2 aromatic rings. The first-order valence-electron chi connectivity index (χ1n) is 9.64. The molecule has 162 valence electrons. The summed E-state index contributed by atoms with van der Waals surface area (Å²) in [6.45, 7) is 0. The number of carbonyl (C=O) groups is 2. The van der Waals surface area contributed by atoms with E-state index in [1.54, 1.807) is 18.2 Å². The van der Waals surface area contributed by atoms with Crippen molar-refractivity contribution in [3.8, 4) is 12.1 Å². The Morgan fingerprint density at radius 3 is 2.53 bits per heavy atom. The zero-order valence-corrected chi connectivity index (χ0v) is 18.6. The average molecular weight is 468 g/mol. The molecule has 0 amide bonds. The Kier molecular flexibility index (Phi) is 7.32. The Hall–Kier alpha value is -3.59. The van der Waals surface area contributed by atoms with Crippen LogP contribution in [0.2, 0.25) is 5.02 Å². The number of rotatable bonds is 6. The normalized spacial score (nSPS) is 13.8. The van der Waals surface area contributed by atoms with Crippen LogP contribution in [-0.2, 0) is 22.4 Å². The Balaban J connectivity index is 2.10. The summed E-state index contributed by atoms with van der Waals surface area (Å²) in [6, 6.07) is 9.89. The van der Waals surface area contributed by atoms with E-state index < -0.39 is 23.1 Å². The smallest absolute Gasteiger partial charge is 0.352 e. The number of aryl methyl sites for hydroxylation is 1. The number of aliphatic hydroxyl groups excluding tert-OH is 1. The van der Waals surface area contributed by atoms with Gasteiger partial charge in [-0.2, -0.15) is 10.5 Å². The van der Waals surface area contributed by atoms with Crippen molar-refractivity contribution in [1.82, 2.24) is 0 Å². The average Bonchev–Trinajstić information content (AvgIpc) is 3.16. The van der Waals surface area contributed by atoms with Crippen LogP contribution in [-0.4, -0.2) is 24.0 Å². The molecule has 0 saturated heterocycles. The fourth-order valence-corrected chi connectivity index (χ4v) is 4.70. The highest BCUT2D eigenvalue weighted by molar-refractivity contribution is 7.16. The zero-order chi connectivity index (χ0) is 23.3. The topological polar surface area (TPSA) is 123 Å². The van der Waals surface area contributed by atoms with Gasteiger partial charge in [-0.15, -0.1) is 11.3 Å². The third-order valence-electron chi connectivity index (χ3n) is 4.93.